The smallest absolute Gasteiger partial charge is 0.850 e. The van der Waals surface area contributed by atoms with E-state index in [9.17, 15) is 24.1 Å². The summed E-state index contributed by atoms with van der Waals surface area (Å²) in [7, 11) is -3.89. The molecule has 0 radical (unpaired) electrons. The predicted molar refractivity (Wildman–Crippen MR) is 216 cm³/mol. The molecule has 3 aromatic rings. The van der Waals surface area contributed by atoms with Crippen LogP contribution in [0.15, 0.2) is 91.0 Å². The summed E-state index contributed by atoms with van der Waals surface area (Å²) in [4.78, 5) is 37.2. The average molecular weight is 1040 g/mol. The zero-order valence-electron chi connectivity index (χ0n) is 30.8. The molecule has 0 fully saturated rings. The minimum absolute atomic E-state index is 0. The summed E-state index contributed by atoms with van der Waals surface area (Å²) in [5.74, 6) is 4.02. The molecule has 8 nitrogen and oxygen atoms in total. The van der Waals surface area contributed by atoms with Crippen LogP contribution < -0.4 is 33.1 Å². The van der Waals surface area contributed by atoms with Gasteiger partial charge in [-0.05, 0) is 60.7 Å². The fraction of sp³-hybridized carbons (Fsp3) is 0.471. The van der Waals surface area contributed by atoms with Crippen molar-refractivity contribution in [3.8, 4) is 17.2 Å². The van der Waals surface area contributed by atoms with Crippen LogP contribution in [0.25, 0.3) is 0 Å². The van der Waals surface area contributed by atoms with Gasteiger partial charge < -0.3 is 69.0 Å². The molecule has 0 N–H and O–H groups in total. The Morgan fingerprint density at radius 1 is 0.509 bits per heavy atom. The first kappa shape index (κ1) is 61.0. The molecule has 53 heavy (non-hydrogen) atoms. The number of phosphoric acid groups is 1. The largest absolute Gasteiger partial charge is 2.00 e. The van der Waals surface area contributed by atoms with Gasteiger partial charge in [-0.3, -0.25) is 0 Å². The van der Waals surface area contributed by atoms with E-state index in [1.54, 1.807) is 72.8 Å². The van der Waals surface area contributed by atoms with Gasteiger partial charge in [-0.2, -0.15) is 39.9 Å². The first-order valence-corrected chi connectivity index (χ1v) is 26.4. The second-order valence-electron chi connectivity index (χ2n) is 10.7. The molecule has 0 atom stereocenters. The van der Waals surface area contributed by atoms with Crippen LogP contribution in [0.5, 0.6) is 17.2 Å². The van der Waals surface area contributed by atoms with Crippen molar-refractivity contribution >= 4 is 79.1 Å². The fourth-order valence-electron chi connectivity index (χ4n) is 3.96. The van der Waals surface area contributed by atoms with Crippen molar-refractivity contribution in [2.24, 2.45) is 0 Å². The van der Waals surface area contributed by atoms with Crippen molar-refractivity contribution in [2.75, 3.05) is 11.5 Å². The van der Waals surface area contributed by atoms with E-state index in [1.807, 2.05) is 18.2 Å². The molecule has 0 saturated carbocycles. The van der Waals surface area contributed by atoms with Crippen molar-refractivity contribution in [1.82, 2.24) is 0 Å². The molecule has 0 aromatic heterocycles. The number of thioether (sulfide) groups is 1. The van der Waals surface area contributed by atoms with Gasteiger partial charge in [0.2, 0.25) is 0 Å². The molecule has 284 valence electrons. The molecule has 3 rings (SSSR count). The molecular formula is C34H49O8P3S5Zn3. The molecule has 0 unspecified atom stereocenters. The van der Waals surface area contributed by atoms with E-state index < -0.39 is 19.2 Å². The van der Waals surface area contributed by atoms with Gasteiger partial charge >= 0.3 is 66.3 Å². The second-order valence-corrected chi connectivity index (χ2v) is 22.3. The van der Waals surface area contributed by atoms with E-state index in [-0.39, 0.29) is 58.4 Å². The van der Waals surface area contributed by atoms with Gasteiger partial charge in [-0.25, -0.2) is 0 Å². The van der Waals surface area contributed by atoms with Crippen LogP contribution in [0.3, 0.4) is 0 Å². The van der Waals surface area contributed by atoms with Crippen molar-refractivity contribution in [2.45, 2.75) is 90.9 Å². The minimum Gasteiger partial charge on any atom is -0.850 e. The van der Waals surface area contributed by atoms with Gasteiger partial charge in [0.1, 0.15) is 17.2 Å². The first-order valence-electron chi connectivity index (χ1n) is 16.5. The second kappa shape index (κ2) is 38.8. The van der Waals surface area contributed by atoms with E-state index in [2.05, 4.69) is 73.7 Å². The number of rotatable bonds is 20. The van der Waals surface area contributed by atoms with E-state index >= 15 is 0 Å². The molecule has 0 heterocycles. The standard InChI is InChI=1S/C18H15O4P.C16H34S.2H3O2PS2.3Zn/c19-23(20-16-10-4-1-5-11-16,21-17-12-6-2-7-13-17)22-18-14-8-3-9-15-18;1-3-5-7-9-11-13-15-17-16-14-12-10-8-6-4-2;2*1-3(2,4)5;;;/h1-15H;3-16H2,1-2H3;2*(H3,1,2,4,5);;;/q;;;;3*+2/p-6. The van der Waals surface area contributed by atoms with Crippen molar-refractivity contribution < 1.29 is 96.1 Å². The molecular weight excluding hydrogens is 986 g/mol. The number of hydrogen-bond acceptors (Lipinski definition) is 13. The molecule has 0 bridgehead atoms. The Balaban J connectivity index is -0.000000354. The molecule has 0 aliphatic rings. The summed E-state index contributed by atoms with van der Waals surface area (Å²) in [5, 5.41) is 0. The van der Waals surface area contributed by atoms with Crippen LogP contribution in [-0.2, 0) is 111 Å². The molecule has 0 spiro atoms. The number of benzene rings is 3. The van der Waals surface area contributed by atoms with Gasteiger partial charge in [0.05, 0.1) is 0 Å². The molecule has 0 aliphatic heterocycles. The summed E-state index contributed by atoms with van der Waals surface area (Å²) in [5.41, 5.74) is -7.44. The summed E-state index contributed by atoms with van der Waals surface area (Å²) < 4.78 is 29.6. The van der Waals surface area contributed by atoms with Crippen LogP contribution in [0, 0.1) is 0 Å². The summed E-state index contributed by atoms with van der Waals surface area (Å²) in [6.07, 6.45) is 17.3. The summed E-state index contributed by atoms with van der Waals surface area (Å²) in [6.45, 7) is 4.58. The average Bonchev–Trinajstić information content (AvgIpc) is 3.03. The summed E-state index contributed by atoms with van der Waals surface area (Å²) >= 11 is 16.7. The number of phosphoric ester groups is 1. The Morgan fingerprint density at radius 3 is 0.981 bits per heavy atom. The van der Waals surface area contributed by atoms with Crippen LogP contribution in [-0.4, -0.2) is 11.5 Å². The number of para-hydroxylation sites is 3. The monoisotopic (exact) mass is 1030 g/mol. The molecule has 19 heteroatoms. The third-order valence-electron chi connectivity index (χ3n) is 6.17. The third-order valence-corrected chi connectivity index (χ3v) is 8.62. The van der Waals surface area contributed by atoms with Gasteiger partial charge in [0, 0.05) is 0 Å². The zero-order valence-corrected chi connectivity index (χ0v) is 46.5. The van der Waals surface area contributed by atoms with Crippen molar-refractivity contribution in [3.63, 3.8) is 0 Å². The molecule has 0 saturated heterocycles. The maximum Gasteiger partial charge on any atom is 2.00 e. The van der Waals surface area contributed by atoms with E-state index in [4.69, 9.17) is 13.6 Å². The van der Waals surface area contributed by atoms with Gasteiger partial charge in [-0.1, -0.05) is 133 Å². The summed E-state index contributed by atoms with van der Waals surface area (Å²) in [6, 6.07) is 26.4. The van der Waals surface area contributed by atoms with Gasteiger partial charge in [0.25, 0.3) is 0 Å². The predicted octanol–water partition coefficient (Wildman–Crippen LogP) is 8.72. The Hall–Kier alpha value is 1.35. The van der Waals surface area contributed by atoms with E-state index in [1.165, 1.54) is 88.6 Å². The van der Waals surface area contributed by atoms with Crippen molar-refractivity contribution in [1.29, 1.82) is 0 Å². The Labute approximate surface area is 382 Å². The van der Waals surface area contributed by atoms with Crippen molar-refractivity contribution in [3.05, 3.63) is 91.0 Å². The molecule has 0 amide bonds. The van der Waals surface area contributed by atoms with Crippen LogP contribution in [0.4, 0.5) is 0 Å². The van der Waals surface area contributed by atoms with E-state index in [0.29, 0.717) is 17.2 Å². The fourth-order valence-corrected chi connectivity index (χ4v) is 6.23. The number of unbranched alkanes of at least 4 members (excludes halogenated alkanes) is 10. The van der Waals surface area contributed by atoms with Gasteiger partial charge in [-0.15, -0.1) is 0 Å². The number of hydrogen-bond donors (Lipinski definition) is 0. The molecule has 0 aliphatic carbocycles. The van der Waals surface area contributed by atoms with Crippen LogP contribution in [0.2, 0.25) is 0 Å². The Kier molecular flexibility index (Phi) is 44.7. The van der Waals surface area contributed by atoms with Crippen LogP contribution >= 0.6 is 31.0 Å². The zero-order chi connectivity index (χ0) is 37.6. The first-order chi connectivity index (χ1) is 23.6. The Bertz CT molecular complexity index is 1210. The minimum atomic E-state index is -3.89. The quantitative estimate of drug-likeness (QED) is 0.0462. The van der Waals surface area contributed by atoms with E-state index in [0.717, 1.165) is 0 Å². The SMILES string of the molecule is CCCCCCCCSCCCCCCCC.O=P(Oc1ccccc1)(Oc1ccccc1)Oc1ccccc1.[O-]P([O-])(=S)[S-].[O-]P([O-])(=S)[S-].[Zn+2].[Zn+2].[Zn+2]. The topological polar surface area (TPSA) is 137 Å². The Morgan fingerprint density at radius 2 is 0.736 bits per heavy atom. The maximum absolute atomic E-state index is 13.1. The van der Waals surface area contributed by atoms with Gasteiger partial charge in [0.15, 0.2) is 0 Å². The van der Waals surface area contributed by atoms with Crippen LogP contribution in [0.1, 0.15) is 90.9 Å². The normalized spacial score (nSPS) is 10.4. The maximum atomic E-state index is 13.1. The molecule has 3 aromatic carbocycles. The third kappa shape index (κ3) is 47.6.